The Morgan fingerprint density at radius 1 is 1.11 bits per heavy atom. The van der Waals surface area contributed by atoms with Crippen LogP contribution in [-0.2, 0) is 11.4 Å². The fourth-order valence-electron chi connectivity index (χ4n) is 3.51. The van der Waals surface area contributed by atoms with Crippen LogP contribution in [0, 0.1) is 18.3 Å². The molecule has 1 aliphatic heterocycles. The van der Waals surface area contributed by atoms with Gasteiger partial charge in [0, 0.05) is 10.7 Å². The number of rotatable bonds is 8. The second-order valence-corrected chi connectivity index (χ2v) is 8.59. The van der Waals surface area contributed by atoms with Crippen LogP contribution in [0.15, 0.2) is 54.1 Å². The highest BCUT2D eigenvalue weighted by molar-refractivity contribution is 6.32. The number of carbonyl (C=O) groups excluding carboxylic acids is 1. The first-order chi connectivity index (χ1) is 17.4. The number of amides is 1. The van der Waals surface area contributed by atoms with Crippen molar-refractivity contribution in [1.82, 2.24) is 0 Å². The number of fused-ring (bicyclic) bond motifs is 1. The van der Waals surface area contributed by atoms with Crippen molar-refractivity contribution < 1.29 is 23.7 Å². The molecule has 0 aliphatic carbocycles. The van der Waals surface area contributed by atoms with E-state index >= 15 is 0 Å². The number of hydrogen-bond donors (Lipinski definition) is 1. The van der Waals surface area contributed by atoms with Crippen LogP contribution in [0.1, 0.15) is 23.6 Å². The molecule has 7 nitrogen and oxygen atoms in total. The molecule has 1 heterocycles. The number of benzene rings is 3. The zero-order chi connectivity index (χ0) is 25.7. The Labute approximate surface area is 218 Å². The van der Waals surface area contributed by atoms with Crippen molar-refractivity contribution in [1.29, 1.82) is 5.26 Å². The van der Waals surface area contributed by atoms with Gasteiger partial charge in [-0.2, -0.15) is 5.26 Å². The monoisotopic (exact) mass is 524 g/mol. The van der Waals surface area contributed by atoms with Gasteiger partial charge in [0.2, 0.25) is 6.79 Å². The lowest BCUT2D eigenvalue weighted by molar-refractivity contribution is -0.112. The summed E-state index contributed by atoms with van der Waals surface area (Å²) in [5.74, 6) is 1.51. The zero-order valence-corrected chi connectivity index (χ0v) is 21.1. The van der Waals surface area contributed by atoms with Crippen LogP contribution in [0.25, 0.3) is 6.08 Å². The van der Waals surface area contributed by atoms with Gasteiger partial charge in [-0.25, -0.2) is 0 Å². The molecule has 1 aliphatic rings. The zero-order valence-electron chi connectivity index (χ0n) is 19.6. The van der Waals surface area contributed by atoms with Crippen LogP contribution in [0.2, 0.25) is 10.0 Å². The van der Waals surface area contributed by atoms with E-state index in [0.29, 0.717) is 51.4 Å². The Morgan fingerprint density at radius 2 is 1.92 bits per heavy atom. The lowest BCUT2D eigenvalue weighted by atomic mass is 10.1. The molecule has 0 radical (unpaired) electrons. The highest BCUT2D eigenvalue weighted by Crippen LogP contribution is 2.39. The largest absolute Gasteiger partial charge is 0.490 e. The second-order valence-electron chi connectivity index (χ2n) is 7.78. The molecule has 0 saturated carbocycles. The first-order valence-electron chi connectivity index (χ1n) is 11.1. The van der Waals surface area contributed by atoms with E-state index in [9.17, 15) is 10.1 Å². The maximum atomic E-state index is 12.8. The standard InChI is InChI=1S/C27H22Cl2N2O5/c1-3-33-25-12-18(9-19(13-30)27(32)31-22-6-4-5-20(28)16(22)2)10-21(29)26(25)34-14-17-7-8-23-24(11-17)36-15-35-23/h4-12H,3,14-15H2,1-2H3,(H,31,32)/b19-9+. The lowest BCUT2D eigenvalue weighted by Gasteiger charge is -2.15. The van der Waals surface area contributed by atoms with E-state index < -0.39 is 5.91 Å². The van der Waals surface area contributed by atoms with Gasteiger partial charge >= 0.3 is 0 Å². The number of nitriles is 1. The smallest absolute Gasteiger partial charge is 0.266 e. The molecule has 184 valence electrons. The highest BCUT2D eigenvalue weighted by Gasteiger charge is 2.17. The molecule has 3 aromatic carbocycles. The number of nitrogens with zero attached hydrogens (tertiary/aromatic N) is 1. The molecule has 0 unspecified atom stereocenters. The summed E-state index contributed by atoms with van der Waals surface area (Å²) in [5, 5.41) is 13.1. The lowest BCUT2D eigenvalue weighted by Crippen LogP contribution is -2.14. The average Bonchev–Trinajstić information content (AvgIpc) is 3.33. The van der Waals surface area contributed by atoms with Crippen molar-refractivity contribution in [2.24, 2.45) is 0 Å². The molecule has 0 aromatic heterocycles. The fourth-order valence-corrected chi connectivity index (χ4v) is 3.96. The predicted molar refractivity (Wildman–Crippen MR) is 138 cm³/mol. The maximum Gasteiger partial charge on any atom is 0.266 e. The van der Waals surface area contributed by atoms with Crippen LogP contribution >= 0.6 is 23.2 Å². The van der Waals surface area contributed by atoms with Gasteiger partial charge in [-0.1, -0.05) is 35.3 Å². The van der Waals surface area contributed by atoms with Gasteiger partial charge in [0.05, 0.1) is 11.6 Å². The summed E-state index contributed by atoms with van der Waals surface area (Å²) in [4.78, 5) is 12.8. The second kappa shape index (κ2) is 11.3. The van der Waals surface area contributed by atoms with Crippen LogP contribution in [-0.4, -0.2) is 19.3 Å². The van der Waals surface area contributed by atoms with E-state index in [-0.39, 0.29) is 24.0 Å². The van der Waals surface area contributed by atoms with Crippen molar-refractivity contribution in [2.75, 3.05) is 18.7 Å². The molecule has 3 aromatic rings. The molecular formula is C27H22Cl2N2O5. The van der Waals surface area contributed by atoms with E-state index in [0.717, 1.165) is 5.56 Å². The van der Waals surface area contributed by atoms with Crippen molar-refractivity contribution in [3.05, 3.63) is 80.8 Å². The summed E-state index contributed by atoms with van der Waals surface area (Å²) in [5.41, 5.74) is 2.49. The van der Waals surface area contributed by atoms with E-state index in [1.165, 1.54) is 6.08 Å². The first-order valence-corrected chi connectivity index (χ1v) is 11.8. The molecule has 0 bridgehead atoms. The third-order valence-corrected chi connectivity index (χ3v) is 6.03. The third kappa shape index (κ3) is 5.68. The van der Waals surface area contributed by atoms with Crippen LogP contribution in [0.3, 0.4) is 0 Å². The van der Waals surface area contributed by atoms with E-state index in [4.69, 9.17) is 42.1 Å². The number of halogens is 2. The van der Waals surface area contributed by atoms with E-state index in [2.05, 4.69) is 5.32 Å². The Kier molecular flexibility index (Phi) is 7.89. The Balaban J connectivity index is 1.56. The van der Waals surface area contributed by atoms with Gasteiger partial charge in [0.15, 0.2) is 23.0 Å². The maximum absolute atomic E-state index is 12.8. The van der Waals surface area contributed by atoms with E-state index in [1.54, 1.807) is 37.3 Å². The quantitative estimate of drug-likeness (QED) is 0.265. The summed E-state index contributed by atoms with van der Waals surface area (Å²) >= 11 is 12.7. The summed E-state index contributed by atoms with van der Waals surface area (Å²) in [7, 11) is 0. The average molecular weight is 525 g/mol. The first kappa shape index (κ1) is 25.2. The van der Waals surface area contributed by atoms with Crippen molar-refractivity contribution in [3.63, 3.8) is 0 Å². The molecule has 0 spiro atoms. The van der Waals surface area contributed by atoms with Crippen molar-refractivity contribution in [2.45, 2.75) is 20.5 Å². The molecule has 36 heavy (non-hydrogen) atoms. The van der Waals surface area contributed by atoms with Crippen LogP contribution in [0.5, 0.6) is 23.0 Å². The number of hydrogen-bond acceptors (Lipinski definition) is 6. The topological polar surface area (TPSA) is 89.8 Å². The number of carbonyl (C=O) groups is 1. The summed E-state index contributed by atoms with van der Waals surface area (Å²) in [6, 6.07) is 15.9. The summed E-state index contributed by atoms with van der Waals surface area (Å²) in [6.45, 7) is 4.39. The molecule has 1 N–H and O–H groups in total. The van der Waals surface area contributed by atoms with Gasteiger partial charge in [0.25, 0.3) is 5.91 Å². The Hall–Kier alpha value is -3.86. The molecule has 0 fully saturated rings. The molecular weight excluding hydrogens is 503 g/mol. The van der Waals surface area contributed by atoms with Crippen molar-refractivity contribution in [3.8, 4) is 29.1 Å². The van der Waals surface area contributed by atoms with Gasteiger partial charge < -0.3 is 24.3 Å². The SMILES string of the molecule is CCOc1cc(/C=C(\C#N)C(=O)Nc2cccc(Cl)c2C)cc(Cl)c1OCc1ccc2c(c1)OCO2. The Morgan fingerprint density at radius 3 is 2.69 bits per heavy atom. The van der Waals surface area contributed by atoms with Crippen LogP contribution in [0.4, 0.5) is 5.69 Å². The highest BCUT2D eigenvalue weighted by atomic mass is 35.5. The van der Waals surface area contributed by atoms with Gasteiger partial charge in [-0.3, -0.25) is 4.79 Å². The summed E-state index contributed by atoms with van der Waals surface area (Å²) < 4.78 is 22.5. The normalized spacial score (nSPS) is 12.1. The minimum Gasteiger partial charge on any atom is -0.490 e. The number of ether oxygens (including phenoxy) is 4. The molecule has 0 atom stereocenters. The predicted octanol–water partition coefficient (Wildman–Crippen LogP) is 6.55. The van der Waals surface area contributed by atoms with Crippen LogP contribution < -0.4 is 24.3 Å². The number of nitrogens with one attached hydrogen (secondary N) is 1. The number of anilines is 1. The minimum absolute atomic E-state index is 0.109. The fraction of sp³-hybridized carbons (Fsp3) is 0.185. The summed E-state index contributed by atoms with van der Waals surface area (Å²) in [6.07, 6.45) is 1.44. The molecule has 9 heteroatoms. The van der Waals surface area contributed by atoms with E-state index in [1.807, 2.05) is 31.2 Å². The van der Waals surface area contributed by atoms with Gasteiger partial charge in [-0.05, 0) is 73.0 Å². The minimum atomic E-state index is -0.569. The third-order valence-electron chi connectivity index (χ3n) is 5.34. The van der Waals surface area contributed by atoms with Gasteiger partial charge in [-0.15, -0.1) is 0 Å². The Bertz CT molecular complexity index is 1380. The van der Waals surface area contributed by atoms with Crippen molar-refractivity contribution >= 4 is 40.9 Å². The molecule has 4 rings (SSSR count). The molecule has 1 amide bonds. The molecule has 0 saturated heterocycles. The van der Waals surface area contributed by atoms with Gasteiger partial charge in [0.1, 0.15) is 18.2 Å².